The maximum atomic E-state index is 13.9. The molecule has 0 spiro atoms. The highest BCUT2D eigenvalue weighted by Gasteiger charge is 2.63. The molecule has 2 aliphatic rings. The Kier molecular flexibility index (Phi) is 9.35. The molecule has 0 radical (unpaired) electrons. The molecule has 0 bridgehead atoms. The molecule has 32 heavy (non-hydrogen) atoms. The lowest BCUT2D eigenvalue weighted by atomic mass is 9.89. The third-order valence-corrected chi connectivity index (χ3v) is 6.72. The van der Waals surface area contributed by atoms with Gasteiger partial charge < -0.3 is 24.4 Å². The van der Waals surface area contributed by atoms with Gasteiger partial charge in [-0.1, -0.05) is 38.5 Å². The normalized spacial score (nSPS) is 20.5. The molecule has 0 aromatic rings. The molecule has 2 rings (SSSR count). The topological polar surface area (TPSA) is 157 Å². The highest BCUT2D eigenvalue weighted by molar-refractivity contribution is 7.86. The van der Waals surface area contributed by atoms with E-state index < -0.39 is 58.5 Å². The van der Waals surface area contributed by atoms with E-state index in [4.69, 9.17) is 24.2 Å². The van der Waals surface area contributed by atoms with Gasteiger partial charge in [0.2, 0.25) is 0 Å². The summed E-state index contributed by atoms with van der Waals surface area (Å²) in [5.41, 5.74) is 0. The van der Waals surface area contributed by atoms with Crippen LogP contribution in [0.5, 0.6) is 0 Å². The summed E-state index contributed by atoms with van der Waals surface area (Å²) in [5.74, 6) is -2.10. The highest BCUT2D eigenvalue weighted by atomic mass is 32.2. The van der Waals surface area contributed by atoms with Crippen LogP contribution in [0, 0.1) is 11.8 Å². The zero-order valence-electron chi connectivity index (χ0n) is 17.6. The molecule has 3 N–H and O–H groups in total. The van der Waals surface area contributed by atoms with E-state index in [0.29, 0.717) is 25.7 Å². The van der Waals surface area contributed by atoms with E-state index >= 15 is 0 Å². The lowest BCUT2D eigenvalue weighted by Gasteiger charge is -2.29. The number of hydrogen-bond acceptors (Lipinski definition) is 9. The third kappa shape index (κ3) is 7.04. The van der Waals surface area contributed by atoms with Crippen molar-refractivity contribution in [3.05, 3.63) is 0 Å². The van der Waals surface area contributed by atoms with Gasteiger partial charge in [0.1, 0.15) is 6.61 Å². The van der Waals surface area contributed by atoms with E-state index in [2.05, 4.69) is 4.74 Å². The van der Waals surface area contributed by atoms with Gasteiger partial charge in [-0.25, -0.2) is 0 Å². The van der Waals surface area contributed by atoms with Crippen molar-refractivity contribution < 1.29 is 55.8 Å². The summed E-state index contributed by atoms with van der Waals surface area (Å²) < 4.78 is 72.5. The summed E-state index contributed by atoms with van der Waals surface area (Å²) in [6.45, 7) is -1.86. The van der Waals surface area contributed by atoms with Gasteiger partial charge in [-0.3, -0.25) is 14.1 Å². The molecule has 10 nitrogen and oxygen atoms in total. The third-order valence-electron chi connectivity index (χ3n) is 5.76. The van der Waals surface area contributed by atoms with Crippen LogP contribution in [0.4, 0.5) is 8.78 Å². The number of alkyl halides is 2. The summed E-state index contributed by atoms with van der Waals surface area (Å²) in [5, 5.41) is 13.3. The molecule has 0 aromatic heterocycles. The van der Waals surface area contributed by atoms with Gasteiger partial charge in [0.05, 0.1) is 18.4 Å². The van der Waals surface area contributed by atoms with Crippen molar-refractivity contribution >= 4 is 22.1 Å². The molecule has 1 unspecified atom stereocenters. The fraction of sp³-hybridized carbons (Fsp3) is 0.895. The summed E-state index contributed by atoms with van der Waals surface area (Å²) in [4.78, 5) is 24.6. The first kappa shape index (κ1) is 26.8. The molecule has 2 saturated carbocycles. The monoisotopic (exact) mass is 488 g/mol. The predicted octanol–water partition coefficient (Wildman–Crippen LogP) is 1.74. The van der Waals surface area contributed by atoms with Crippen molar-refractivity contribution in [2.75, 3.05) is 13.2 Å². The molecule has 186 valence electrons. The second-order valence-corrected chi connectivity index (χ2v) is 9.79. The van der Waals surface area contributed by atoms with Gasteiger partial charge in [-0.15, -0.1) is 0 Å². The molecule has 0 heterocycles. The zero-order valence-corrected chi connectivity index (χ0v) is 18.4. The van der Waals surface area contributed by atoms with Gasteiger partial charge in [-0.2, -0.15) is 17.2 Å². The Bertz CT molecular complexity index is 743. The standard InChI is InChI=1S/C19H30F2O10S/c20-18(21,19(24,25)32(26,27)28)30-12-15(31-17(23)14-9-5-2-6-10-14)11-29-16(22)13-7-3-1-4-8-13/h13-15,24-25H,1-12H2,(H,26,27,28). The first-order valence-electron chi connectivity index (χ1n) is 10.7. The number of halogens is 2. The Labute approximate surface area is 185 Å². The van der Waals surface area contributed by atoms with Crippen molar-refractivity contribution in [1.29, 1.82) is 0 Å². The molecule has 0 aromatic carbocycles. The molecular weight excluding hydrogens is 458 g/mol. The lowest BCUT2D eigenvalue weighted by molar-refractivity contribution is -0.365. The van der Waals surface area contributed by atoms with E-state index in [-0.39, 0.29) is 5.92 Å². The quantitative estimate of drug-likeness (QED) is 0.235. The molecule has 2 aliphatic carbocycles. The zero-order chi connectivity index (χ0) is 24.0. The Morgan fingerprint density at radius 1 is 0.875 bits per heavy atom. The molecule has 0 saturated heterocycles. The second-order valence-electron chi connectivity index (χ2n) is 8.27. The van der Waals surface area contributed by atoms with E-state index in [9.17, 15) is 26.8 Å². The maximum Gasteiger partial charge on any atom is 0.428 e. The van der Waals surface area contributed by atoms with Gasteiger partial charge >= 0.3 is 33.3 Å². The largest absolute Gasteiger partial charge is 0.461 e. The van der Waals surface area contributed by atoms with Gasteiger partial charge in [0.25, 0.3) is 0 Å². The highest BCUT2D eigenvalue weighted by Crippen LogP contribution is 2.33. The van der Waals surface area contributed by atoms with Crippen LogP contribution in [0.15, 0.2) is 0 Å². The van der Waals surface area contributed by atoms with Crippen LogP contribution >= 0.6 is 0 Å². The van der Waals surface area contributed by atoms with Crippen molar-refractivity contribution in [2.24, 2.45) is 11.8 Å². The Morgan fingerprint density at radius 3 is 1.81 bits per heavy atom. The predicted molar refractivity (Wildman–Crippen MR) is 104 cm³/mol. The summed E-state index contributed by atoms with van der Waals surface area (Å²) in [6.07, 6.45) is 0.815. The average Bonchev–Trinajstić information content (AvgIpc) is 2.75. The van der Waals surface area contributed by atoms with Gasteiger partial charge in [-0.05, 0) is 25.7 Å². The summed E-state index contributed by atoms with van der Waals surface area (Å²) in [6, 6.07) is 0. The minimum atomic E-state index is -6.05. The van der Waals surface area contributed by atoms with Gasteiger partial charge in [0.15, 0.2) is 6.10 Å². The number of esters is 2. The first-order valence-corrected chi connectivity index (χ1v) is 12.1. The van der Waals surface area contributed by atoms with Crippen LogP contribution in [-0.2, 0) is 33.9 Å². The molecular formula is C19H30F2O10S. The smallest absolute Gasteiger partial charge is 0.428 e. The fourth-order valence-electron chi connectivity index (χ4n) is 3.79. The first-order chi connectivity index (χ1) is 14.8. The molecule has 13 heteroatoms. The Balaban J connectivity index is 2.03. The summed E-state index contributed by atoms with van der Waals surface area (Å²) in [7, 11) is -6.05. The van der Waals surface area contributed by atoms with Crippen molar-refractivity contribution in [2.45, 2.75) is 81.5 Å². The van der Waals surface area contributed by atoms with Crippen LogP contribution in [0.25, 0.3) is 0 Å². The van der Waals surface area contributed by atoms with Crippen LogP contribution in [-0.4, -0.2) is 65.7 Å². The van der Waals surface area contributed by atoms with Crippen molar-refractivity contribution in [1.82, 2.24) is 0 Å². The van der Waals surface area contributed by atoms with Crippen LogP contribution < -0.4 is 0 Å². The van der Waals surface area contributed by atoms with Gasteiger partial charge in [0, 0.05) is 0 Å². The molecule has 0 amide bonds. The number of rotatable bonds is 10. The number of carbonyl (C=O) groups is 2. The number of ether oxygens (including phenoxy) is 3. The Hall–Kier alpha value is -1.41. The molecule has 0 aliphatic heterocycles. The Morgan fingerprint density at radius 2 is 1.34 bits per heavy atom. The molecule has 1 atom stereocenters. The number of aliphatic hydroxyl groups is 2. The SMILES string of the molecule is O=C(OCC(COC(F)(F)C(O)(O)S(=O)(=O)O)OC(=O)C1CCCCC1)C1CCCCC1. The van der Waals surface area contributed by atoms with Crippen molar-refractivity contribution in [3.63, 3.8) is 0 Å². The fourth-order valence-corrected chi connectivity index (χ4v) is 4.15. The second kappa shape index (κ2) is 11.1. The average molecular weight is 489 g/mol. The van der Waals surface area contributed by atoms with Crippen LogP contribution in [0.3, 0.4) is 0 Å². The minimum absolute atomic E-state index is 0.358. The van der Waals surface area contributed by atoms with Crippen LogP contribution in [0.1, 0.15) is 64.2 Å². The van der Waals surface area contributed by atoms with E-state index in [0.717, 1.165) is 38.5 Å². The van der Waals surface area contributed by atoms with Crippen molar-refractivity contribution in [3.8, 4) is 0 Å². The van der Waals surface area contributed by atoms with Crippen LogP contribution in [0.2, 0.25) is 0 Å². The lowest BCUT2D eigenvalue weighted by Crippen LogP contribution is -2.56. The summed E-state index contributed by atoms with van der Waals surface area (Å²) >= 11 is 0. The van der Waals surface area contributed by atoms with E-state index in [1.165, 1.54) is 0 Å². The minimum Gasteiger partial charge on any atom is -0.461 e. The number of carbonyl (C=O) groups excluding carboxylic acids is 2. The van der Waals surface area contributed by atoms with E-state index in [1.54, 1.807) is 0 Å². The maximum absolute atomic E-state index is 13.9. The van der Waals surface area contributed by atoms with E-state index in [1.807, 2.05) is 0 Å². The molecule has 2 fully saturated rings. The number of hydrogen-bond donors (Lipinski definition) is 3.